The van der Waals surface area contributed by atoms with Crippen LogP contribution in [-0.2, 0) is 27.1 Å². The Balaban J connectivity index is 1.79. The first kappa shape index (κ1) is 20.3. The molecule has 0 aliphatic carbocycles. The number of aryl methyl sites for hydroxylation is 3. The molecule has 0 aliphatic rings. The summed E-state index contributed by atoms with van der Waals surface area (Å²) in [6, 6.07) is 19.8. The van der Waals surface area contributed by atoms with E-state index in [2.05, 4.69) is 15.5 Å². The standard InChI is InChI=1S/C23H24N6O2/c1-16(18-12-8-5-9-13-18)25-26-22-24-20-19(21(30)28(3)23(31)27(20)2)29(22)15-14-17-10-6-4-7-11-17/h4-13H,14-15H2,1-3H3,(H,24,26). The molecular weight excluding hydrogens is 392 g/mol. The summed E-state index contributed by atoms with van der Waals surface area (Å²) in [5, 5.41) is 4.47. The lowest BCUT2D eigenvalue weighted by Crippen LogP contribution is -2.37. The van der Waals surface area contributed by atoms with E-state index in [9.17, 15) is 9.59 Å². The molecule has 4 aromatic rings. The van der Waals surface area contributed by atoms with Crippen LogP contribution in [0.1, 0.15) is 18.1 Å². The van der Waals surface area contributed by atoms with Gasteiger partial charge >= 0.3 is 5.69 Å². The highest BCUT2D eigenvalue weighted by molar-refractivity contribution is 5.99. The number of hydrazone groups is 1. The molecule has 2 heterocycles. The SMILES string of the molecule is CC(=NNc1nc2c(c(=O)n(C)c(=O)n2C)n1CCc1ccccc1)c1ccccc1. The molecule has 0 amide bonds. The third kappa shape index (κ3) is 3.92. The van der Waals surface area contributed by atoms with Gasteiger partial charge in [0.2, 0.25) is 5.95 Å². The Hall–Kier alpha value is -3.94. The van der Waals surface area contributed by atoms with Crippen LogP contribution in [0.15, 0.2) is 75.4 Å². The lowest BCUT2D eigenvalue weighted by molar-refractivity contribution is 0.687. The quantitative estimate of drug-likeness (QED) is 0.387. The monoisotopic (exact) mass is 416 g/mol. The number of fused-ring (bicyclic) bond motifs is 1. The van der Waals surface area contributed by atoms with Crippen molar-refractivity contribution in [3.05, 3.63) is 92.6 Å². The largest absolute Gasteiger partial charge is 0.332 e. The van der Waals surface area contributed by atoms with Gasteiger partial charge in [-0.05, 0) is 24.5 Å². The molecule has 0 bridgehead atoms. The molecule has 158 valence electrons. The van der Waals surface area contributed by atoms with Crippen LogP contribution in [0.5, 0.6) is 0 Å². The summed E-state index contributed by atoms with van der Waals surface area (Å²) in [7, 11) is 3.09. The highest BCUT2D eigenvalue weighted by Gasteiger charge is 2.19. The number of benzene rings is 2. The molecule has 0 unspecified atom stereocenters. The molecule has 0 saturated carbocycles. The van der Waals surface area contributed by atoms with E-state index in [4.69, 9.17) is 0 Å². The van der Waals surface area contributed by atoms with Gasteiger partial charge in [-0.3, -0.25) is 13.9 Å². The number of nitrogens with one attached hydrogen (secondary N) is 1. The second-order valence-corrected chi connectivity index (χ2v) is 7.38. The van der Waals surface area contributed by atoms with Gasteiger partial charge in [0.15, 0.2) is 11.2 Å². The molecule has 4 rings (SSSR count). The van der Waals surface area contributed by atoms with Crippen LogP contribution in [0.2, 0.25) is 0 Å². The lowest BCUT2D eigenvalue weighted by atomic mass is 10.1. The molecule has 0 atom stereocenters. The van der Waals surface area contributed by atoms with Crippen molar-refractivity contribution >= 4 is 22.8 Å². The minimum Gasteiger partial charge on any atom is -0.303 e. The van der Waals surface area contributed by atoms with Crippen LogP contribution in [-0.4, -0.2) is 24.4 Å². The summed E-state index contributed by atoms with van der Waals surface area (Å²) in [4.78, 5) is 29.9. The van der Waals surface area contributed by atoms with E-state index in [1.807, 2.05) is 67.6 Å². The fraction of sp³-hybridized carbons (Fsp3) is 0.217. The zero-order chi connectivity index (χ0) is 22.0. The molecule has 0 aliphatic heterocycles. The molecule has 0 radical (unpaired) electrons. The van der Waals surface area contributed by atoms with Gasteiger partial charge in [-0.25, -0.2) is 10.2 Å². The van der Waals surface area contributed by atoms with Crippen molar-refractivity contribution in [1.29, 1.82) is 0 Å². The number of hydrogen-bond acceptors (Lipinski definition) is 5. The summed E-state index contributed by atoms with van der Waals surface area (Å²) < 4.78 is 4.28. The van der Waals surface area contributed by atoms with Gasteiger partial charge in [0.1, 0.15) is 0 Å². The first-order valence-corrected chi connectivity index (χ1v) is 10.0. The van der Waals surface area contributed by atoms with E-state index in [0.29, 0.717) is 30.1 Å². The van der Waals surface area contributed by atoms with Crippen molar-refractivity contribution in [2.24, 2.45) is 19.2 Å². The van der Waals surface area contributed by atoms with Gasteiger partial charge in [0.05, 0.1) is 5.71 Å². The number of anilines is 1. The number of imidazole rings is 1. The van der Waals surface area contributed by atoms with Crippen molar-refractivity contribution in [3.63, 3.8) is 0 Å². The molecule has 2 aromatic heterocycles. The fourth-order valence-corrected chi connectivity index (χ4v) is 3.51. The highest BCUT2D eigenvalue weighted by atomic mass is 16.2. The third-order valence-corrected chi connectivity index (χ3v) is 5.33. The number of hydrogen-bond donors (Lipinski definition) is 1. The predicted octanol–water partition coefficient (Wildman–Crippen LogP) is 2.51. The molecule has 8 nitrogen and oxygen atoms in total. The van der Waals surface area contributed by atoms with Gasteiger partial charge < -0.3 is 4.57 Å². The molecule has 8 heteroatoms. The average Bonchev–Trinajstić information content (AvgIpc) is 3.18. The van der Waals surface area contributed by atoms with Crippen molar-refractivity contribution in [1.82, 2.24) is 18.7 Å². The molecular formula is C23H24N6O2. The average molecular weight is 416 g/mol. The van der Waals surface area contributed by atoms with Crippen LogP contribution in [0.4, 0.5) is 5.95 Å². The summed E-state index contributed by atoms with van der Waals surface area (Å²) in [5.41, 5.74) is 5.81. The normalized spacial score (nSPS) is 11.8. The summed E-state index contributed by atoms with van der Waals surface area (Å²) in [6.07, 6.45) is 0.703. The zero-order valence-corrected chi connectivity index (χ0v) is 17.7. The Bertz CT molecular complexity index is 1360. The van der Waals surface area contributed by atoms with E-state index in [0.717, 1.165) is 21.4 Å². The van der Waals surface area contributed by atoms with Crippen LogP contribution in [0.3, 0.4) is 0 Å². The van der Waals surface area contributed by atoms with Crippen molar-refractivity contribution in [2.45, 2.75) is 19.9 Å². The first-order chi connectivity index (χ1) is 15.0. The Kier molecular flexibility index (Phi) is 5.53. The van der Waals surface area contributed by atoms with E-state index >= 15 is 0 Å². The van der Waals surface area contributed by atoms with E-state index in [1.165, 1.54) is 11.6 Å². The van der Waals surface area contributed by atoms with Crippen molar-refractivity contribution in [3.8, 4) is 0 Å². The topological polar surface area (TPSA) is 86.2 Å². The molecule has 2 aromatic carbocycles. The molecule has 0 spiro atoms. The number of aromatic nitrogens is 4. The summed E-state index contributed by atoms with van der Waals surface area (Å²) in [6.45, 7) is 2.41. The van der Waals surface area contributed by atoms with Crippen LogP contribution < -0.4 is 16.7 Å². The van der Waals surface area contributed by atoms with Crippen LogP contribution >= 0.6 is 0 Å². The zero-order valence-electron chi connectivity index (χ0n) is 17.7. The van der Waals surface area contributed by atoms with Gasteiger partial charge in [-0.1, -0.05) is 60.7 Å². The molecule has 31 heavy (non-hydrogen) atoms. The predicted molar refractivity (Wildman–Crippen MR) is 123 cm³/mol. The van der Waals surface area contributed by atoms with Crippen molar-refractivity contribution < 1.29 is 0 Å². The second kappa shape index (κ2) is 8.43. The van der Waals surface area contributed by atoms with Gasteiger partial charge in [-0.15, -0.1) is 0 Å². The second-order valence-electron chi connectivity index (χ2n) is 7.38. The molecule has 0 saturated heterocycles. The lowest BCUT2D eigenvalue weighted by Gasteiger charge is -2.10. The summed E-state index contributed by atoms with van der Waals surface area (Å²) >= 11 is 0. The Morgan fingerprint density at radius 3 is 2.29 bits per heavy atom. The minimum atomic E-state index is -0.416. The number of rotatable bonds is 6. The maximum Gasteiger partial charge on any atom is 0.332 e. The third-order valence-electron chi connectivity index (χ3n) is 5.33. The molecule has 1 N–H and O–H groups in total. The smallest absolute Gasteiger partial charge is 0.303 e. The highest BCUT2D eigenvalue weighted by Crippen LogP contribution is 2.17. The number of nitrogens with zero attached hydrogens (tertiary/aromatic N) is 5. The van der Waals surface area contributed by atoms with E-state index < -0.39 is 5.69 Å². The maximum atomic E-state index is 12.9. The van der Waals surface area contributed by atoms with Crippen LogP contribution in [0, 0.1) is 0 Å². The first-order valence-electron chi connectivity index (χ1n) is 10.0. The summed E-state index contributed by atoms with van der Waals surface area (Å²) in [5.74, 6) is 0.416. The maximum absolute atomic E-state index is 12.9. The van der Waals surface area contributed by atoms with Crippen molar-refractivity contribution in [2.75, 3.05) is 5.43 Å². The fourth-order valence-electron chi connectivity index (χ4n) is 3.51. The minimum absolute atomic E-state index is 0.330. The van der Waals surface area contributed by atoms with E-state index in [-0.39, 0.29) is 5.56 Å². The van der Waals surface area contributed by atoms with Crippen LogP contribution in [0.25, 0.3) is 11.2 Å². The molecule has 0 fully saturated rings. The van der Waals surface area contributed by atoms with Gasteiger partial charge in [0, 0.05) is 20.6 Å². The Morgan fingerprint density at radius 2 is 1.61 bits per heavy atom. The van der Waals surface area contributed by atoms with Gasteiger partial charge in [-0.2, -0.15) is 10.1 Å². The Morgan fingerprint density at radius 1 is 0.968 bits per heavy atom. The van der Waals surface area contributed by atoms with Gasteiger partial charge in [0.25, 0.3) is 5.56 Å². The van der Waals surface area contributed by atoms with E-state index in [1.54, 1.807) is 11.6 Å². The Labute approximate surface area is 179 Å².